The number of fused-ring (bicyclic) bond motifs is 4. The second kappa shape index (κ2) is 8.19. The lowest BCUT2D eigenvalue weighted by atomic mass is 9.80. The van der Waals surface area contributed by atoms with Crippen LogP contribution in [0.1, 0.15) is 28.4 Å². The number of piperidine rings is 1. The Morgan fingerprint density at radius 2 is 1.50 bits per heavy atom. The van der Waals surface area contributed by atoms with Crippen LogP contribution in [0.2, 0.25) is 0 Å². The molecule has 2 aliphatic rings. The Kier molecular flexibility index (Phi) is 5.21. The maximum Gasteiger partial charge on any atom is 0.253 e. The van der Waals surface area contributed by atoms with Crippen molar-refractivity contribution in [3.8, 4) is 22.6 Å². The van der Waals surface area contributed by atoms with Crippen LogP contribution in [0, 0.1) is 5.92 Å². The van der Waals surface area contributed by atoms with Crippen molar-refractivity contribution in [3.63, 3.8) is 0 Å². The Morgan fingerprint density at radius 3 is 2.16 bits per heavy atom. The van der Waals surface area contributed by atoms with Crippen LogP contribution in [0.3, 0.4) is 0 Å². The fourth-order valence-corrected chi connectivity index (χ4v) is 5.11. The first-order chi connectivity index (χ1) is 15.6. The van der Waals surface area contributed by atoms with Gasteiger partial charge in [-0.05, 0) is 60.4 Å². The van der Waals surface area contributed by atoms with Crippen molar-refractivity contribution in [3.05, 3.63) is 82.3 Å². The van der Waals surface area contributed by atoms with Gasteiger partial charge in [-0.3, -0.25) is 9.59 Å². The molecule has 2 bridgehead atoms. The summed E-state index contributed by atoms with van der Waals surface area (Å²) in [5.74, 6) is 1.95. The summed E-state index contributed by atoms with van der Waals surface area (Å²) in [5.41, 5.74) is 3.82. The number of hydrogen-bond acceptors (Lipinski definition) is 4. The summed E-state index contributed by atoms with van der Waals surface area (Å²) in [6.45, 7) is 1.91. The Labute approximate surface area is 187 Å². The molecule has 1 fully saturated rings. The largest absolute Gasteiger partial charge is 0.497 e. The van der Waals surface area contributed by atoms with Gasteiger partial charge in [0.25, 0.3) is 11.5 Å². The molecule has 1 amide bonds. The van der Waals surface area contributed by atoms with E-state index in [4.69, 9.17) is 9.47 Å². The highest BCUT2D eigenvalue weighted by atomic mass is 16.5. The number of carbonyl (C=O) groups excluding carboxylic acids is 1. The lowest BCUT2D eigenvalue weighted by molar-refractivity contribution is 0.0595. The van der Waals surface area contributed by atoms with E-state index in [1.165, 1.54) is 0 Å². The molecule has 2 atom stereocenters. The lowest BCUT2D eigenvalue weighted by Crippen LogP contribution is -2.49. The number of benzene rings is 2. The second-order valence-electron chi connectivity index (χ2n) is 8.55. The van der Waals surface area contributed by atoms with Gasteiger partial charge < -0.3 is 18.9 Å². The summed E-state index contributed by atoms with van der Waals surface area (Å²) in [7, 11) is 3.26. The Balaban J connectivity index is 1.49. The zero-order valence-corrected chi connectivity index (χ0v) is 18.3. The third kappa shape index (κ3) is 3.55. The van der Waals surface area contributed by atoms with Gasteiger partial charge in [-0.1, -0.05) is 12.1 Å². The minimum atomic E-state index is 0.0279. The van der Waals surface area contributed by atoms with Crippen LogP contribution in [0.15, 0.2) is 65.5 Å². The van der Waals surface area contributed by atoms with Crippen molar-refractivity contribution in [2.24, 2.45) is 5.92 Å². The van der Waals surface area contributed by atoms with Gasteiger partial charge in [-0.25, -0.2) is 0 Å². The molecule has 6 nitrogen and oxygen atoms in total. The van der Waals surface area contributed by atoms with E-state index in [9.17, 15) is 9.59 Å². The Hall–Kier alpha value is -3.54. The van der Waals surface area contributed by atoms with Crippen LogP contribution < -0.4 is 15.0 Å². The predicted octanol–water partition coefficient (Wildman–Crippen LogP) is 3.79. The van der Waals surface area contributed by atoms with Gasteiger partial charge >= 0.3 is 0 Å². The summed E-state index contributed by atoms with van der Waals surface area (Å²) in [4.78, 5) is 27.9. The van der Waals surface area contributed by atoms with Crippen LogP contribution in [-0.4, -0.2) is 42.7 Å². The maximum atomic E-state index is 13.2. The monoisotopic (exact) mass is 430 g/mol. The maximum absolute atomic E-state index is 13.2. The molecule has 3 heterocycles. The van der Waals surface area contributed by atoms with Crippen LogP contribution in [0.5, 0.6) is 11.5 Å². The normalized spacial score (nSPS) is 19.2. The zero-order valence-electron chi connectivity index (χ0n) is 18.3. The molecule has 32 heavy (non-hydrogen) atoms. The van der Waals surface area contributed by atoms with Crippen molar-refractivity contribution >= 4 is 5.91 Å². The van der Waals surface area contributed by atoms with Gasteiger partial charge in [-0.2, -0.15) is 0 Å². The van der Waals surface area contributed by atoms with E-state index in [0.717, 1.165) is 34.7 Å². The minimum absolute atomic E-state index is 0.0279. The zero-order chi connectivity index (χ0) is 22.2. The first kappa shape index (κ1) is 20.4. The Bertz CT molecular complexity index is 1200. The summed E-state index contributed by atoms with van der Waals surface area (Å²) in [6, 6.07) is 18.7. The SMILES string of the molecule is COc1ccc(C(=O)N2C[C@@H]3C[C@H](C2)c2c(-c4ccc(OC)cc4)ccc(=O)n2C3)cc1. The molecular weight excluding hydrogens is 404 g/mol. The van der Waals surface area contributed by atoms with Crippen molar-refractivity contribution in [2.45, 2.75) is 18.9 Å². The molecule has 6 heteroatoms. The average molecular weight is 431 g/mol. The minimum Gasteiger partial charge on any atom is -0.497 e. The van der Waals surface area contributed by atoms with Crippen LogP contribution in [0.4, 0.5) is 0 Å². The summed E-state index contributed by atoms with van der Waals surface area (Å²) < 4.78 is 12.4. The van der Waals surface area contributed by atoms with Gasteiger partial charge in [0, 0.05) is 48.4 Å². The summed E-state index contributed by atoms with van der Waals surface area (Å²) in [5, 5.41) is 0. The molecule has 3 aromatic rings. The molecule has 0 aliphatic carbocycles. The summed E-state index contributed by atoms with van der Waals surface area (Å²) in [6.07, 6.45) is 0.985. The van der Waals surface area contributed by atoms with Crippen LogP contribution in [-0.2, 0) is 6.54 Å². The van der Waals surface area contributed by atoms with E-state index < -0.39 is 0 Å². The fourth-order valence-electron chi connectivity index (χ4n) is 5.11. The van der Waals surface area contributed by atoms with E-state index >= 15 is 0 Å². The number of rotatable bonds is 4. The van der Waals surface area contributed by atoms with Gasteiger partial charge in [0.2, 0.25) is 0 Å². The highest BCUT2D eigenvalue weighted by Gasteiger charge is 2.38. The molecule has 0 N–H and O–H groups in total. The molecule has 0 radical (unpaired) electrons. The van der Waals surface area contributed by atoms with Gasteiger partial charge in [0.05, 0.1) is 14.2 Å². The van der Waals surface area contributed by atoms with E-state index in [1.54, 1.807) is 20.3 Å². The molecule has 0 spiro atoms. The molecular formula is C26H26N2O4. The molecule has 5 rings (SSSR count). The number of amides is 1. The lowest BCUT2D eigenvalue weighted by Gasteiger charge is -2.43. The molecule has 1 aromatic heterocycles. The van der Waals surface area contributed by atoms with E-state index in [1.807, 2.05) is 64.1 Å². The topological polar surface area (TPSA) is 60.8 Å². The van der Waals surface area contributed by atoms with Crippen molar-refractivity contribution in [2.75, 3.05) is 27.3 Å². The molecule has 0 unspecified atom stereocenters. The number of hydrogen-bond donors (Lipinski definition) is 0. The van der Waals surface area contributed by atoms with E-state index in [-0.39, 0.29) is 23.3 Å². The Morgan fingerprint density at radius 1 is 0.844 bits per heavy atom. The smallest absolute Gasteiger partial charge is 0.253 e. The number of aromatic nitrogens is 1. The molecule has 1 saturated heterocycles. The van der Waals surface area contributed by atoms with E-state index in [0.29, 0.717) is 25.2 Å². The number of pyridine rings is 1. The highest BCUT2D eigenvalue weighted by molar-refractivity contribution is 5.94. The third-order valence-corrected chi connectivity index (χ3v) is 6.62. The van der Waals surface area contributed by atoms with E-state index in [2.05, 4.69) is 0 Å². The van der Waals surface area contributed by atoms with Crippen molar-refractivity contribution in [1.82, 2.24) is 9.47 Å². The van der Waals surface area contributed by atoms with Crippen LogP contribution >= 0.6 is 0 Å². The van der Waals surface area contributed by atoms with Crippen LogP contribution in [0.25, 0.3) is 11.1 Å². The number of ether oxygens (including phenoxy) is 2. The third-order valence-electron chi connectivity index (χ3n) is 6.62. The van der Waals surface area contributed by atoms with Crippen molar-refractivity contribution in [1.29, 1.82) is 0 Å². The van der Waals surface area contributed by atoms with Gasteiger partial charge in [0.15, 0.2) is 0 Å². The second-order valence-corrected chi connectivity index (χ2v) is 8.55. The molecule has 2 aromatic carbocycles. The predicted molar refractivity (Wildman–Crippen MR) is 122 cm³/mol. The van der Waals surface area contributed by atoms with Gasteiger partial charge in [0.1, 0.15) is 11.5 Å². The number of nitrogens with zero attached hydrogens (tertiary/aromatic N) is 2. The number of carbonyl (C=O) groups is 1. The molecule has 164 valence electrons. The fraction of sp³-hybridized carbons (Fsp3) is 0.308. The first-order valence-electron chi connectivity index (χ1n) is 10.9. The highest BCUT2D eigenvalue weighted by Crippen LogP contribution is 2.40. The number of likely N-dealkylation sites (tertiary alicyclic amines) is 1. The van der Waals surface area contributed by atoms with Gasteiger partial charge in [-0.15, -0.1) is 0 Å². The van der Waals surface area contributed by atoms with Crippen molar-refractivity contribution < 1.29 is 14.3 Å². The summed E-state index contributed by atoms with van der Waals surface area (Å²) >= 11 is 0. The molecule has 0 saturated carbocycles. The number of methoxy groups -OCH3 is 2. The first-order valence-corrected chi connectivity index (χ1v) is 10.9. The quantitative estimate of drug-likeness (QED) is 0.632. The standard InChI is InChI=1S/C26H26N2O4/c1-31-21-7-3-18(4-8-21)23-11-12-24(29)28-15-17-13-20(25(23)28)16-27(14-17)26(30)19-5-9-22(32-2)10-6-19/h3-12,17,20H,13-16H2,1-2H3/t17-,20+/m0/s1. The average Bonchev–Trinajstić information content (AvgIpc) is 2.84. The molecule has 2 aliphatic heterocycles.